The summed E-state index contributed by atoms with van der Waals surface area (Å²) in [4.78, 5) is 34.6. The Bertz CT molecular complexity index is 1820. The highest BCUT2D eigenvalue weighted by atomic mass is 35.5. The van der Waals surface area contributed by atoms with E-state index in [4.69, 9.17) is 32.0 Å². The van der Waals surface area contributed by atoms with Gasteiger partial charge in [-0.2, -0.15) is 10.5 Å². The fourth-order valence-corrected chi connectivity index (χ4v) is 6.63. The standard InChI is InChI=1S/C34H34ClN7O4S2/c1-3-14-39-31-27(17-37)30(22-6-10-26(11-7-22)46-16-15-42(21(2)34(44)45)29(43)12-13-36)28(18-38)33(41-31)48-20-25-19-47-32(40-25)23-4-8-24(35)9-5-23/h4-11,19,21H,3,12-16,20,36H2,1-2H3,(H,39,41)(H,44,45)/t21-/m0/s1. The number of pyridine rings is 1. The number of carbonyl (C=O) groups excluding carboxylic acids is 1. The molecule has 4 N–H and O–H groups in total. The molecule has 0 aliphatic heterocycles. The molecule has 4 aromatic rings. The van der Waals surface area contributed by atoms with E-state index in [9.17, 15) is 25.2 Å². The normalized spacial score (nSPS) is 11.3. The van der Waals surface area contributed by atoms with Crippen molar-refractivity contribution in [1.82, 2.24) is 14.9 Å². The molecule has 0 aliphatic carbocycles. The summed E-state index contributed by atoms with van der Waals surface area (Å²) in [5, 5.41) is 37.2. The van der Waals surface area contributed by atoms with E-state index in [0.717, 1.165) is 22.7 Å². The smallest absolute Gasteiger partial charge is 0.326 e. The predicted molar refractivity (Wildman–Crippen MR) is 188 cm³/mol. The molecule has 0 saturated carbocycles. The van der Waals surface area contributed by atoms with Crippen molar-refractivity contribution >= 4 is 52.4 Å². The van der Waals surface area contributed by atoms with Crippen LogP contribution in [-0.2, 0) is 15.3 Å². The molecule has 2 heterocycles. The minimum atomic E-state index is -1.12. The largest absolute Gasteiger partial charge is 0.492 e. The van der Waals surface area contributed by atoms with E-state index in [1.165, 1.54) is 34.9 Å². The molecule has 48 heavy (non-hydrogen) atoms. The van der Waals surface area contributed by atoms with Gasteiger partial charge in [0, 0.05) is 46.8 Å². The summed E-state index contributed by atoms with van der Waals surface area (Å²) >= 11 is 8.92. The first-order valence-corrected chi connectivity index (χ1v) is 17.4. The topological polar surface area (TPSA) is 178 Å². The van der Waals surface area contributed by atoms with Crippen molar-refractivity contribution < 1.29 is 19.4 Å². The second-order valence-electron chi connectivity index (χ2n) is 10.5. The summed E-state index contributed by atoms with van der Waals surface area (Å²) in [7, 11) is 0. The Morgan fingerprint density at radius 2 is 1.79 bits per heavy atom. The van der Waals surface area contributed by atoms with Crippen LogP contribution in [0, 0.1) is 22.7 Å². The van der Waals surface area contributed by atoms with Gasteiger partial charge in [-0.15, -0.1) is 11.3 Å². The molecule has 14 heteroatoms. The Morgan fingerprint density at radius 1 is 1.10 bits per heavy atom. The number of amides is 1. The van der Waals surface area contributed by atoms with Gasteiger partial charge < -0.3 is 25.8 Å². The van der Waals surface area contributed by atoms with Crippen LogP contribution in [0.3, 0.4) is 0 Å². The Balaban J connectivity index is 1.58. The maximum Gasteiger partial charge on any atom is 0.326 e. The summed E-state index contributed by atoms with van der Waals surface area (Å²) in [6.45, 7) is 4.26. The summed E-state index contributed by atoms with van der Waals surface area (Å²) in [6, 6.07) is 17.9. The lowest BCUT2D eigenvalue weighted by molar-refractivity contribution is -0.149. The monoisotopic (exact) mass is 703 g/mol. The highest BCUT2D eigenvalue weighted by Gasteiger charge is 2.25. The number of anilines is 1. The lowest BCUT2D eigenvalue weighted by Gasteiger charge is -2.26. The van der Waals surface area contributed by atoms with Gasteiger partial charge in [0.05, 0.1) is 17.8 Å². The molecule has 1 atom stereocenters. The molecule has 11 nitrogen and oxygen atoms in total. The number of benzene rings is 2. The number of carboxylic acid groups (broad SMARTS) is 1. The number of nitrogens with two attached hydrogens (primary N) is 1. The van der Waals surface area contributed by atoms with Crippen molar-refractivity contribution in [3.05, 3.63) is 75.8 Å². The number of nitrogens with zero attached hydrogens (tertiary/aromatic N) is 5. The van der Waals surface area contributed by atoms with Gasteiger partial charge in [-0.25, -0.2) is 14.8 Å². The van der Waals surface area contributed by atoms with Crippen LogP contribution in [0.15, 0.2) is 58.9 Å². The number of rotatable bonds is 16. The second-order valence-corrected chi connectivity index (χ2v) is 12.8. The van der Waals surface area contributed by atoms with Gasteiger partial charge in [-0.05, 0) is 43.2 Å². The molecule has 248 valence electrons. The van der Waals surface area contributed by atoms with Gasteiger partial charge in [-0.3, -0.25) is 4.79 Å². The number of ether oxygens (including phenoxy) is 1. The SMILES string of the molecule is CCCNc1nc(SCc2csc(-c3ccc(Cl)cc3)n2)c(C#N)c(-c2ccc(OCCN(C(=O)CCN)[C@@H](C)C(=O)O)cc2)c1C#N. The molecule has 0 unspecified atom stereocenters. The van der Waals surface area contributed by atoms with Crippen LogP contribution in [0.1, 0.15) is 43.5 Å². The van der Waals surface area contributed by atoms with Crippen LogP contribution in [0.4, 0.5) is 5.82 Å². The third-order valence-electron chi connectivity index (χ3n) is 7.18. The zero-order chi connectivity index (χ0) is 34.6. The van der Waals surface area contributed by atoms with Crippen LogP contribution in [0.2, 0.25) is 5.02 Å². The molecular formula is C34H34ClN7O4S2. The molecule has 0 radical (unpaired) electrons. The van der Waals surface area contributed by atoms with Gasteiger partial charge in [-0.1, -0.05) is 54.6 Å². The lowest BCUT2D eigenvalue weighted by atomic mass is 9.96. The van der Waals surface area contributed by atoms with E-state index in [1.807, 2.05) is 36.6 Å². The predicted octanol–water partition coefficient (Wildman–Crippen LogP) is 6.41. The molecule has 0 spiro atoms. The van der Waals surface area contributed by atoms with Crippen molar-refractivity contribution in [2.75, 3.05) is 31.6 Å². The number of aliphatic carboxylic acids is 1. The number of thioether (sulfide) groups is 1. The van der Waals surface area contributed by atoms with Crippen LogP contribution < -0.4 is 15.8 Å². The quantitative estimate of drug-likeness (QED) is 0.110. The summed E-state index contributed by atoms with van der Waals surface area (Å²) in [5.74, 6) is -0.162. The van der Waals surface area contributed by atoms with E-state index in [0.29, 0.717) is 45.0 Å². The summed E-state index contributed by atoms with van der Waals surface area (Å²) in [5.41, 5.74) is 8.90. The number of carboxylic acids is 1. The third kappa shape index (κ3) is 9.02. The molecule has 2 aromatic heterocycles. The van der Waals surface area contributed by atoms with Gasteiger partial charge >= 0.3 is 5.97 Å². The highest BCUT2D eigenvalue weighted by Crippen LogP contribution is 2.38. The first kappa shape index (κ1) is 36.2. The Kier molecular flexibility index (Phi) is 13.2. The highest BCUT2D eigenvalue weighted by molar-refractivity contribution is 7.98. The first-order chi connectivity index (χ1) is 23.2. The average molecular weight is 704 g/mol. The number of nitrogens with one attached hydrogen (secondary N) is 1. The lowest BCUT2D eigenvalue weighted by Crippen LogP contribution is -2.45. The van der Waals surface area contributed by atoms with Crippen molar-refractivity contribution in [1.29, 1.82) is 10.5 Å². The average Bonchev–Trinajstić information content (AvgIpc) is 3.57. The summed E-state index contributed by atoms with van der Waals surface area (Å²) < 4.78 is 5.84. The number of aromatic nitrogens is 2. The Hall–Kier alpha value is -4.66. The summed E-state index contributed by atoms with van der Waals surface area (Å²) in [6.07, 6.45) is 0.841. The second kappa shape index (κ2) is 17.5. The fraction of sp³-hybridized carbons (Fsp3) is 0.294. The van der Waals surface area contributed by atoms with E-state index in [2.05, 4.69) is 17.5 Å². The van der Waals surface area contributed by atoms with E-state index < -0.39 is 12.0 Å². The molecule has 4 rings (SSSR count). The first-order valence-electron chi connectivity index (χ1n) is 15.1. The number of thiazole rings is 1. The van der Waals surface area contributed by atoms with Gasteiger partial charge in [0.25, 0.3) is 0 Å². The van der Waals surface area contributed by atoms with E-state index in [-0.39, 0.29) is 43.2 Å². The molecule has 0 bridgehead atoms. The fourth-order valence-electron chi connectivity index (χ4n) is 4.70. The molecule has 0 saturated heterocycles. The van der Waals surface area contributed by atoms with Crippen LogP contribution in [0.5, 0.6) is 5.75 Å². The van der Waals surface area contributed by atoms with Gasteiger partial charge in [0.2, 0.25) is 5.91 Å². The van der Waals surface area contributed by atoms with Gasteiger partial charge in [0.1, 0.15) is 52.0 Å². The molecule has 0 aliphatic rings. The number of carbonyl (C=O) groups is 2. The molecule has 2 aromatic carbocycles. The number of hydrogen-bond donors (Lipinski definition) is 3. The van der Waals surface area contributed by atoms with Crippen LogP contribution >= 0.6 is 34.7 Å². The van der Waals surface area contributed by atoms with Gasteiger partial charge in [0.15, 0.2) is 0 Å². The zero-order valence-electron chi connectivity index (χ0n) is 26.4. The third-order valence-corrected chi connectivity index (χ3v) is 9.38. The van der Waals surface area contributed by atoms with E-state index >= 15 is 0 Å². The van der Waals surface area contributed by atoms with E-state index in [1.54, 1.807) is 24.3 Å². The Labute approximate surface area is 292 Å². The number of halogens is 1. The molecular weight excluding hydrogens is 670 g/mol. The van der Waals surface area contributed by atoms with Crippen LogP contribution in [-0.4, -0.2) is 64.1 Å². The minimum Gasteiger partial charge on any atom is -0.492 e. The number of hydrogen-bond acceptors (Lipinski definition) is 11. The van der Waals surface area contributed by atoms with Crippen molar-refractivity contribution in [2.45, 2.75) is 43.5 Å². The van der Waals surface area contributed by atoms with Crippen molar-refractivity contribution in [3.8, 4) is 39.6 Å². The maximum absolute atomic E-state index is 12.4. The number of nitriles is 2. The molecule has 1 amide bonds. The van der Waals surface area contributed by atoms with Crippen molar-refractivity contribution in [2.24, 2.45) is 5.73 Å². The van der Waals surface area contributed by atoms with Crippen molar-refractivity contribution in [3.63, 3.8) is 0 Å². The Morgan fingerprint density at radius 3 is 2.42 bits per heavy atom. The minimum absolute atomic E-state index is 0.0320. The van der Waals surface area contributed by atoms with Crippen LogP contribution in [0.25, 0.3) is 21.7 Å². The zero-order valence-corrected chi connectivity index (χ0v) is 28.8. The molecule has 0 fully saturated rings. The maximum atomic E-state index is 12.4.